The average Bonchev–Trinajstić information content (AvgIpc) is 2.63. The molecule has 0 unspecified atom stereocenters. The molecule has 1 heterocycles. The van der Waals surface area contributed by atoms with Crippen LogP contribution in [0.5, 0.6) is 0 Å². The van der Waals surface area contributed by atoms with Gasteiger partial charge in [0.2, 0.25) is 0 Å². The van der Waals surface area contributed by atoms with E-state index >= 15 is 0 Å². The van der Waals surface area contributed by atoms with Crippen LogP contribution >= 0.6 is 11.3 Å². The summed E-state index contributed by atoms with van der Waals surface area (Å²) in [5.41, 5.74) is 8.13. The van der Waals surface area contributed by atoms with Crippen molar-refractivity contribution >= 4 is 17.0 Å². The van der Waals surface area contributed by atoms with E-state index in [1.165, 1.54) is 10.4 Å². The van der Waals surface area contributed by atoms with Crippen LogP contribution in [0.2, 0.25) is 0 Å². The first-order valence-corrected chi connectivity index (χ1v) is 5.60. The molecular formula is C12H13NS. The molecule has 0 spiro atoms. The van der Waals surface area contributed by atoms with E-state index in [0.717, 1.165) is 18.5 Å². The topological polar surface area (TPSA) is 26.0 Å². The smallest absolute Gasteiger partial charge is 0.0455 e. The lowest BCUT2D eigenvalue weighted by Crippen LogP contribution is -1.92. The molecule has 0 bridgehead atoms. The van der Waals surface area contributed by atoms with Crippen molar-refractivity contribution < 1.29 is 0 Å². The van der Waals surface area contributed by atoms with Gasteiger partial charge in [0.25, 0.3) is 0 Å². The van der Waals surface area contributed by atoms with Crippen LogP contribution in [0.4, 0.5) is 5.69 Å². The number of rotatable bonds is 3. The van der Waals surface area contributed by atoms with E-state index in [4.69, 9.17) is 5.73 Å². The third kappa shape index (κ3) is 2.15. The Morgan fingerprint density at radius 2 is 1.79 bits per heavy atom. The highest BCUT2D eigenvalue weighted by Crippen LogP contribution is 2.20. The molecule has 0 aliphatic carbocycles. The standard InChI is InChI=1S/C12H13NS/c13-11-8-9-14-12(11)7-6-10-4-2-1-3-5-10/h1-5,8-9H,6-7,13H2. The maximum Gasteiger partial charge on any atom is 0.0455 e. The Morgan fingerprint density at radius 1 is 1.00 bits per heavy atom. The summed E-state index contributed by atoms with van der Waals surface area (Å²) in [4.78, 5) is 1.30. The molecule has 2 N–H and O–H groups in total. The quantitative estimate of drug-likeness (QED) is 0.815. The summed E-state index contributed by atoms with van der Waals surface area (Å²) in [6.07, 6.45) is 2.12. The molecular weight excluding hydrogens is 190 g/mol. The molecule has 72 valence electrons. The Balaban J connectivity index is 1.99. The molecule has 0 radical (unpaired) electrons. The summed E-state index contributed by atoms with van der Waals surface area (Å²) in [5.74, 6) is 0. The summed E-state index contributed by atoms with van der Waals surface area (Å²) < 4.78 is 0. The van der Waals surface area contributed by atoms with Crippen molar-refractivity contribution in [3.8, 4) is 0 Å². The van der Waals surface area contributed by atoms with Crippen molar-refractivity contribution in [3.05, 3.63) is 52.2 Å². The van der Waals surface area contributed by atoms with Crippen molar-refractivity contribution in [1.82, 2.24) is 0 Å². The lowest BCUT2D eigenvalue weighted by molar-refractivity contribution is 0.983. The maximum absolute atomic E-state index is 5.82. The summed E-state index contributed by atoms with van der Waals surface area (Å²) >= 11 is 1.74. The van der Waals surface area contributed by atoms with Gasteiger partial charge in [-0.15, -0.1) is 11.3 Å². The van der Waals surface area contributed by atoms with E-state index in [1.807, 2.05) is 12.1 Å². The zero-order valence-corrected chi connectivity index (χ0v) is 8.76. The minimum Gasteiger partial charge on any atom is -0.398 e. The Hall–Kier alpha value is -1.28. The van der Waals surface area contributed by atoms with Crippen LogP contribution in [0.3, 0.4) is 0 Å². The molecule has 2 rings (SSSR count). The van der Waals surface area contributed by atoms with Crippen LogP contribution in [0.15, 0.2) is 41.8 Å². The van der Waals surface area contributed by atoms with Crippen molar-refractivity contribution in [3.63, 3.8) is 0 Å². The molecule has 2 aromatic rings. The van der Waals surface area contributed by atoms with Gasteiger partial charge in [-0.25, -0.2) is 0 Å². The Bertz CT molecular complexity index is 392. The van der Waals surface area contributed by atoms with Crippen molar-refractivity contribution in [2.24, 2.45) is 0 Å². The fourth-order valence-electron chi connectivity index (χ4n) is 1.46. The van der Waals surface area contributed by atoms with Crippen LogP contribution in [0.1, 0.15) is 10.4 Å². The van der Waals surface area contributed by atoms with E-state index in [1.54, 1.807) is 11.3 Å². The lowest BCUT2D eigenvalue weighted by Gasteiger charge is -2.00. The largest absolute Gasteiger partial charge is 0.398 e. The first-order chi connectivity index (χ1) is 6.86. The molecule has 14 heavy (non-hydrogen) atoms. The normalized spacial score (nSPS) is 10.3. The summed E-state index contributed by atoms with van der Waals surface area (Å²) in [6, 6.07) is 12.5. The third-order valence-electron chi connectivity index (χ3n) is 2.26. The number of hydrogen-bond donors (Lipinski definition) is 1. The second-order valence-corrected chi connectivity index (χ2v) is 4.29. The second-order valence-electron chi connectivity index (χ2n) is 3.28. The zero-order chi connectivity index (χ0) is 9.80. The predicted molar refractivity (Wildman–Crippen MR) is 62.6 cm³/mol. The first kappa shape index (κ1) is 9.28. The summed E-state index contributed by atoms with van der Waals surface area (Å²) in [6.45, 7) is 0. The molecule has 0 fully saturated rings. The van der Waals surface area contributed by atoms with Gasteiger partial charge in [0.05, 0.1) is 0 Å². The van der Waals surface area contributed by atoms with Gasteiger partial charge in [0.1, 0.15) is 0 Å². The first-order valence-electron chi connectivity index (χ1n) is 4.72. The number of thiophene rings is 1. The molecule has 1 nitrogen and oxygen atoms in total. The minimum absolute atomic E-state index is 0.936. The van der Waals surface area contributed by atoms with Crippen molar-refractivity contribution in [2.75, 3.05) is 5.73 Å². The molecule has 0 atom stereocenters. The number of nitrogens with two attached hydrogens (primary N) is 1. The highest BCUT2D eigenvalue weighted by Gasteiger charge is 2.00. The SMILES string of the molecule is Nc1ccsc1CCc1ccccc1. The van der Waals surface area contributed by atoms with Crippen LogP contribution in [0.25, 0.3) is 0 Å². The van der Waals surface area contributed by atoms with E-state index in [-0.39, 0.29) is 0 Å². The monoisotopic (exact) mass is 203 g/mol. The predicted octanol–water partition coefficient (Wildman–Crippen LogP) is 3.12. The maximum atomic E-state index is 5.82. The Morgan fingerprint density at radius 3 is 2.43 bits per heavy atom. The van der Waals surface area contributed by atoms with Crippen LogP contribution in [-0.2, 0) is 12.8 Å². The highest BCUT2D eigenvalue weighted by atomic mass is 32.1. The highest BCUT2D eigenvalue weighted by molar-refractivity contribution is 7.10. The fourth-order valence-corrected chi connectivity index (χ4v) is 2.26. The molecule has 0 aliphatic heterocycles. The average molecular weight is 203 g/mol. The number of benzene rings is 1. The van der Waals surface area contributed by atoms with Gasteiger partial charge in [-0.3, -0.25) is 0 Å². The molecule has 2 heteroatoms. The van der Waals surface area contributed by atoms with E-state index in [0.29, 0.717) is 0 Å². The van der Waals surface area contributed by atoms with E-state index in [2.05, 4.69) is 29.6 Å². The number of anilines is 1. The second kappa shape index (κ2) is 4.29. The molecule has 1 aromatic carbocycles. The van der Waals surface area contributed by atoms with Gasteiger partial charge in [-0.05, 0) is 29.9 Å². The van der Waals surface area contributed by atoms with Gasteiger partial charge in [-0.1, -0.05) is 30.3 Å². The Kier molecular flexibility index (Phi) is 2.84. The molecule has 0 amide bonds. The van der Waals surface area contributed by atoms with E-state index < -0.39 is 0 Å². The molecule has 1 aromatic heterocycles. The van der Waals surface area contributed by atoms with Gasteiger partial charge < -0.3 is 5.73 Å². The van der Waals surface area contributed by atoms with Crippen LogP contribution < -0.4 is 5.73 Å². The van der Waals surface area contributed by atoms with Gasteiger partial charge in [0, 0.05) is 10.6 Å². The van der Waals surface area contributed by atoms with Gasteiger partial charge >= 0.3 is 0 Å². The van der Waals surface area contributed by atoms with Crippen molar-refractivity contribution in [2.45, 2.75) is 12.8 Å². The van der Waals surface area contributed by atoms with E-state index in [9.17, 15) is 0 Å². The number of nitrogen functional groups attached to an aromatic ring is 1. The third-order valence-corrected chi connectivity index (χ3v) is 3.26. The van der Waals surface area contributed by atoms with Gasteiger partial charge in [-0.2, -0.15) is 0 Å². The number of aryl methyl sites for hydroxylation is 2. The Labute approximate surface area is 88.2 Å². The molecule has 0 saturated carbocycles. The fraction of sp³-hybridized carbons (Fsp3) is 0.167. The summed E-state index contributed by atoms with van der Waals surface area (Å²) in [5, 5.41) is 2.05. The minimum atomic E-state index is 0.936. The van der Waals surface area contributed by atoms with Crippen LogP contribution in [0, 0.1) is 0 Å². The van der Waals surface area contributed by atoms with Gasteiger partial charge in [0.15, 0.2) is 0 Å². The molecule has 0 aliphatic rings. The molecule has 0 saturated heterocycles. The van der Waals surface area contributed by atoms with Crippen LogP contribution in [-0.4, -0.2) is 0 Å². The number of hydrogen-bond acceptors (Lipinski definition) is 2. The lowest BCUT2D eigenvalue weighted by atomic mass is 10.1. The van der Waals surface area contributed by atoms with Crippen molar-refractivity contribution in [1.29, 1.82) is 0 Å². The zero-order valence-electron chi connectivity index (χ0n) is 7.94. The summed E-state index contributed by atoms with van der Waals surface area (Å²) in [7, 11) is 0.